The Kier molecular flexibility index (Phi) is 8.63. The Morgan fingerprint density at radius 1 is 0.931 bits per heavy atom. The van der Waals surface area contributed by atoms with Gasteiger partial charge in [0.2, 0.25) is 0 Å². The Morgan fingerprint density at radius 2 is 1.59 bits per heavy atom. The number of aromatic carboxylic acids is 1. The summed E-state index contributed by atoms with van der Waals surface area (Å²) in [4.78, 5) is 44.4. The second-order valence-corrected chi connectivity index (χ2v) is 6.00. The van der Waals surface area contributed by atoms with Crippen LogP contribution in [-0.4, -0.2) is 28.4 Å². The SMILES string of the molecule is O=C([O-])c1cc(C2=Nc3ccccc3C(C(=O)[O-])C2=O)nc2ccccc12.[K+].[K+]. The van der Waals surface area contributed by atoms with Gasteiger partial charge in [0.15, 0.2) is 5.78 Å². The van der Waals surface area contributed by atoms with Crippen molar-refractivity contribution in [2.24, 2.45) is 4.99 Å². The quantitative estimate of drug-likeness (QED) is 0.298. The normalized spacial score (nSPS) is 14.8. The molecule has 4 rings (SSSR count). The summed E-state index contributed by atoms with van der Waals surface area (Å²) in [5.74, 6) is -5.33. The number of aromatic nitrogens is 1. The fraction of sp³-hybridized carbons (Fsp3) is 0.0500. The van der Waals surface area contributed by atoms with Crippen molar-refractivity contribution in [3.8, 4) is 0 Å². The first-order valence-corrected chi connectivity index (χ1v) is 8.01. The van der Waals surface area contributed by atoms with Crippen LogP contribution in [0.25, 0.3) is 10.9 Å². The van der Waals surface area contributed by atoms with Crippen LogP contribution in [0.3, 0.4) is 0 Å². The topological polar surface area (TPSA) is 123 Å². The average Bonchev–Trinajstić information content (AvgIpc) is 2.66. The van der Waals surface area contributed by atoms with Crippen molar-refractivity contribution < 1.29 is 127 Å². The number of carbonyl (C=O) groups is 3. The van der Waals surface area contributed by atoms with Crippen LogP contribution in [0.1, 0.15) is 27.5 Å². The summed E-state index contributed by atoms with van der Waals surface area (Å²) in [6.07, 6.45) is 0. The number of aliphatic imine (C=N–C) groups is 1. The molecular weight excluding hydrogens is 426 g/mol. The number of carboxylic acid groups (broad SMARTS) is 2. The smallest absolute Gasteiger partial charge is 0.549 e. The number of fused-ring (bicyclic) bond motifs is 2. The van der Waals surface area contributed by atoms with Gasteiger partial charge in [-0.2, -0.15) is 0 Å². The van der Waals surface area contributed by atoms with Crippen molar-refractivity contribution in [1.29, 1.82) is 0 Å². The van der Waals surface area contributed by atoms with E-state index in [1.165, 1.54) is 12.1 Å². The third-order valence-corrected chi connectivity index (χ3v) is 4.39. The van der Waals surface area contributed by atoms with Gasteiger partial charge in [-0.25, -0.2) is 9.98 Å². The van der Waals surface area contributed by atoms with Gasteiger partial charge in [0.05, 0.1) is 34.8 Å². The monoisotopic (exact) mass is 436 g/mol. The van der Waals surface area contributed by atoms with Crippen LogP contribution in [0.4, 0.5) is 5.69 Å². The Hall–Kier alpha value is -0.597. The first kappa shape index (κ1) is 24.7. The van der Waals surface area contributed by atoms with Crippen LogP contribution >= 0.6 is 0 Å². The van der Waals surface area contributed by atoms with Gasteiger partial charge < -0.3 is 19.8 Å². The van der Waals surface area contributed by atoms with Gasteiger partial charge in [-0.05, 0) is 23.8 Å². The number of pyridine rings is 1. The van der Waals surface area contributed by atoms with E-state index >= 15 is 0 Å². The van der Waals surface area contributed by atoms with Crippen molar-refractivity contribution in [1.82, 2.24) is 4.98 Å². The van der Waals surface area contributed by atoms with Gasteiger partial charge >= 0.3 is 103 Å². The number of ketones is 1. The molecule has 0 amide bonds. The number of nitrogens with zero attached hydrogens (tertiary/aromatic N) is 2. The van der Waals surface area contributed by atoms with Gasteiger partial charge in [0.1, 0.15) is 5.71 Å². The number of benzene rings is 2. The molecule has 1 unspecified atom stereocenters. The fourth-order valence-corrected chi connectivity index (χ4v) is 3.17. The van der Waals surface area contributed by atoms with Crippen LogP contribution in [0, 0.1) is 0 Å². The second kappa shape index (κ2) is 10.1. The molecule has 1 aromatic heterocycles. The predicted molar refractivity (Wildman–Crippen MR) is 91.5 cm³/mol. The fourth-order valence-electron chi connectivity index (χ4n) is 3.17. The molecular formula is C20H10K2N2O5. The zero-order valence-corrected chi connectivity index (χ0v) is 22.0. The Morgan fingerprint density at radius 3 is 2.28 bits per heavy atom. The minimum absolute atomic E-state index is 0. The summed E-state index contributed by atoms with van der Waals surface area (Å²) >= 11 is 0. The molecule has 0 saturated heterocycles. The Bertz CT molecular complexity index is 1180. The zero-order chi connectivity index (χ0) is 19.1. The van der Waals surface area contributed by atoms with Gasteiger partial charge in [0, 0.05) is 10.9 Å². The number of rotatable bonds is 3. The van der Waals surface area contributed by atoms with Gasteiger partial charge in [0.25, 0.3) is 0 Å². The molecule has 7 nitrogen and oxygen atoms in total. The minimum atomic E-state index is -1.55. The average molecular weight is 437 g/mol. The van der Waals surface area contributed by atoms with Gasteiger partial charge in [-0.3, -0.25) is 4.79 Å². The van der Waals surface area contributed by atoms with E-state index in [0.717, 1.165) is 0 Å². The zero-order valence-electron chi connectivity index (χ0n) is 15.7. The molecule has 0 radical (unpaired) electrons. The molecule has 1 aliphatic heterocycles. The van der Waals surface area contributed by atoms with Crippen LogP contribution < -0.4 is 113 Å². The molecule has 0 fully saturated rings. The number of para-hydroxylation sites is 2. The summed E-state index contributed by atoms with van der Waals surface area (Å²) in [6.45, 7) is 0. The van der Waals surface area contributed by atoms with Crippen molar-refractivity contribution in [3.05, 3.63) is 71.4 Å². The summed E-state index contributed by atoms with van der Waals surface area (Å²) in [5, 5.41) is 23.5. The molecule has 132 valence electrons. The van der Waals surface area contributed by atoms with Crippen molar-refractivity contribution >= 4 is 40.0 Å². The summed E-state index contributed by atoms with van der Waals surface area (Å²) in [7, 11) is 0. The number of Topliss-reactive ketones (excluding diaryl/α,β-unsaturated/α-hetero) is 1. The Balaban J connectivity index is 0.00000150. The number of aliphatic carboxylic acids is 1. The number of carbonyl (C=O) groups excluding carboxylic acids is 3. The summed E-state index contributed by atoms with van der Waals surface area (Å²) in [6, 6.07) is 14.0. The van der Waals surface area contributed by atoms with E-state index in [1.807, 2.05) is 0 Å². The second-order valence-electron chi connectivity index (χ2n) is 6.00. The van der Waals surface area contributed by atoms with Crippen LogP contribution in [-0.2, 0) is 9.59 Å². The molecule has 1 atom stereocenters. The summed E-state index contributed by atoms with van der Waals surface area (Å²) in [5.41, 5.74) is 0.441. The molecule has 29 heavy (non-hydrogen) atoms. The molecule has 2 heterocycles. The molecule has 0 aliphatic carbocycles. The largest absolute Gasteiger partial charge is 1.00 e. The van der Waals surface area contributed by atoms with Crippen LogP contribution in [0.2, 0.25) is 0 Å². The molecule has 0 bridgehead atoms. The van der Waals surface area contributed by atoms with E-state index in [-0.39, 0.29) is 125 Å². The number of hydrogen-bond donors (Lipinski definition) is 0. The molecule has 1 aliphatic rings. The first-order chi connectivity index (χ1) is 13.0. The van der Waals surface area contributed by atoms with Gasteiger partial charge in [-0.15, -0.1) is 0 Å². The molecule has 9 heteroatoms. The molecule has 3 aromatic rings. The van der Waals surface area contributed by atoms with E-state index in [2.05, 4.69) is 9.98 Å². The standard InChI is InChI=1S/C20H12N2O5.2K/c23-18-16(20(26)27)11-6-2-4-8-14(11)22-17(18)15-9-12(19(24)25)10-5-1-3-7-13(10)21-15;;/h1-9,16H,(H,24,25)(H,26,27);;/q;2*+1/p-2. The minimum Gasteiger partial charge on any atom is -0.549 e. The Labute approximate surface area is 250 Å². The molecule has 0 N–H and O–H groups in total. The third-order valence-electron chi connectivity index (χ3n) is 4.39. The number of carboxylic acids is 2. The maximum Gasteiger partial charge on any atom is 1.00 e. The maximum absolute atomic E-state index is 12.8. The van der Waals surface area contributed by atoms with Gasteiger partial charge in [-0.1, -0.05) is 36.4 Å². The van der Waals surface area contributed by atoms with Crippen LogP contribution in [0.15, 0.2) is 59.6 Å². The van der Waals surface area contributed by atoms with Crippen molar-refractivity contribution in [3.63, 3.8) is 0 Å². The summed E-state index contributed by atoms with van der Waals surface area (Å²) < 4.78 is 0. The van der Waals surface area contributed by atoms with Crippen LogP contribution in [0.5, 0.6) is 0 Å². The first-order valence-electron chi connectivity index (χ1n) is 8.01. The van der Waals surface area contributed by atoms with Crippen molar-refractivity contribution in [2.45, 2.75) is 5.92 Å². The van der Waals surface area contributed by atoms with E-state index in [0.29, 0.717) is 16.6 Å². The molecule has 0 spiro atoms. The number of hydrogen-bond acceptors (Lipinski definition) is 7. The van der Waals surface area contributed by atoms with E-state index < -0.39 is 23.6 Å². The predicted octanol–water partition coefficient (Wildman–Crippen LogP) is -5.86. The van der Waals surface area contributed by atoms with Crippen molar-refractivity contribution in [2.75, 3.05) is 0 Å². The van der Waals surface area contributed by atoms with E-state index in [1.54, 1.807) is 42.5 Å². The molecule has 0 saturated carbocycles. The third kappa shape index (κ3) is 4.69. The van der Waals surface area contributed by atoms with E-state index in [4.69, 9.17) is 0 Å². The maximum atomic E-state index is 12.8. The molecule has 2 aromatic carbocycles. The van der Waals surface area contributed by atoms with E-state index in [9.17, 15) is 24.6 Å².